The smallest absolute Gasteiger partial charge is 0.261 e. The second-order valence-corrected chi connectivity index (χ2v) is 8.48. The summed E-state index contributed by atoms with van der Waals surface area (Å²) in [6.45, 7) is 0.431. The number of benzene rings is 3. The second-order valence-electron chi connectivity index (χ2n) is 6.19. The Bertz CT molecular complexity index is 1130. The van der Waals surface area contributed by atoms with E-state index in [1.165, 1.54) is 16.2 Å². The van der Waals surface area contributed by atoms with E-state index in [1.54, 1.807) is 28.8 Å². The Kier molecular flexibility index (Phi) is 5.67. The number of anilines is 1. The molecule has 4 aromatic rings. The minimum Gasteiger partial charge on any atom is -0.279 e. The van der Waals surface area contributed by atoms with E-state index in [-0.39, 0.29) is 5.91 Å². The van der Waals surface area contributed by atoms with Crippen molar-refractivity contribution >= 4 is 56.0 Å². The van der Waals surface area contributed by atoms with Crippen molar-refractivity contribution < 1.29 is 4.79 Å². The highest BCUT2D eigenvalue weighted by Gasteiger charge is 2.23. The highest BCUT2D eigenvalue weighted by atomic mass is 35.5. The molecule has 28 heavy (non-hydrogen) atoms. The molecule has 1 heterocycles. The highest BCUT2D eigenvalue weighted by Crippen LogP contribution is 2.33. The Hall–Kier alpha value is -2.34. The van der Waals surface area contributed by atoms with E-state index in [1.807, 2.05) is 60.9 Å². The van der Waals surface area contributed by atoms with E-state index in [2.05, 4.69) is 6.07 Å². The summed E-state index contributed by atoms with van der Waals surface area (Å²) in [4.78, 5) is 21.0. The van der Waals surface area contributed by atoms with Crippen LogP contribution in [0.25, 0.3) is 10.2 Å². The number of fused-ring (bicyclic) bond motifs is 1. The zero-order valence-corrected chi connectivity index (χ0v) is 17.5. The van der Waals surface area contributed by atoms with Gasteiger partial charge in [-0.3, -0.25) is 9.69 Å². The normalized spacial score (nSPS) is 10.9. The van der Waals surface area contributed by atoms with Gasteiger partial charge in [-0.25, -0.2) is 4.98 Å². The highest BCUT2D eigenvalue weighted by molar-refractivity contribution is 7.98. The molecular formula is C22H17ClN2OS2. The van der Waals surface area contributed by atoms with Crippen LogP contribution in [0.5, 0.6) is 0 Å². The second kappa shape index (κ2) is 8.35. The average molecular weight is 425 g/mol. The van der Waals surface area contributed by atoms with Gasteiger partial charge in [0.05, 0.1) is 27.3 Å². The summed E-state index contributed by atoms with van der Waals surface area (Å²) in [6.07, 6.45) is 2.05. The number of hydrogen-bond acceptors (Lipinski definition) is 4. The average Bonchev–Trinajstić information content (AvgIpc) is 3.15. The van der Waals surface area contributed by atoms with Crippen LogP contribution >= 0.6 is 34.7 Å². The van der Waals surface area contributed by atoms with Gasteiger partial charge in [-0.15, -0.1) is 11.8 Å². The number of halogens is 1. The van der Waals surface area contributed by atoms with E-state index >= 15 is 0 Å². The first kappa shape index (κ1) is 19.0. The molecule has 0 bridgehead atoms. The predicted molar refractivity (Wildman–Crippen MR) is 120 cm³/mol. The van der Waals surface area contributed by atoms with Gasteiger partial charge in [0.2, 0.25) is 0 Å². The first-order valence-electron chi connectivity index (χ1n) is 8.70. The molecule has 0 spiro atoms. The Balaban J connectivity index is 1.78. The number of carbonyl (C=O) groups excluding carboxylic acids is 1. The van der Waals surface area contributed by atoms with E-state index < -0.39 is 0 Å². The maximum Gasteiger partial charge on any atom is 0.261 e. The van der Waals surface area contributed by atoms with E-state index in [4.69, 9.17) is 16.6 Å². The van der Waals surface area contributed by atoms with Crippen molar-refractivity contribution in [3.63, 3.8) is 0 Å². The van der Waals surface area contributed by atoms with Gasteiger partial charge in [0.1, 0.15) is 0 Å². The number of nitrogens with zero attached hydrogens (tertiary/aromatic N) is 2. The van der Waals surface area contributed by atoms with E-state index in [0.717, 1.165) is 15.8 Å². The van der Waals surface area contributed by atoms with Crippen molar-refractivity contribution in [2.45, 2.75) is 11.4 Å². The third kappa shape index (κ3) is 3.92. The first-order valence-corrected chi connectivity index (χ1v) is 11.1. The Morgan fingerprint density at radius 1 is 1.07 bits per heavy atom. The van der Waals surface area contributed by atoms with Crippen molar-refractivity contribution in [2.75, 3.05) is 11.2 Å². The van der Waals surface area contributed by atoms with Gasteiger partial charge in [0.25, 0.3) is 5.91 Å². The Labute approximate surface area is 177 Å². The topological polar surface area (TPSA) is 33.2 Å². The maximum absolute atomic E-state index is 13.4. The van der Waals surface area contributed by atoms with Gasteiger partial charge in [-0.05, 0) is 42.2 Å². The molecule has 0 saturated carbocycles. The van der Waals surface area contributed by atoms with Crippen LogP contribution in [0.1, 0.15) is 15.9 Å². The van der Waals surface area contributed by atoms with Crippen LogP contribution in [-0.4, -0.2) is 17.1 Å². The summed E-state index contributed by atoms with van der Waals surface area (Å²) in [5, 5.41) is 1.11. The van der Waals surface area contributed by atoms with Crippen LogP contribution in [0.15, 0.2) is 77.7 Å². The largest absolute Gasteiger partial charge is 0.279 e. The molecule has 3 aromatic carbocycles. The number of hydrogen-bond donors (Lipinski definition) is 0. The summed E-state index contributed by atoms with van der Waals surface area (Å²) >= 11 is 9.52. The lowest BCUT2D eigenvalue weighted by molar-refractivity contribution is 0.0985. The number of aromatic nitrogens is 1. The SMILES string of the molecule is CSc1ccc2nc(N(Cc3ccccc3)C(=O)c3ccccc3Cl)sc2c1. The quantitative estimate of drug-likeness (QED) is 0.342. The third-order valence-corrected chi connectivity index (χ3v) is 6.44. The fraction of sp³-hybridized carbons (Fsp3) is 0.0909. The number of amides is 1. The molecule has 0 aliphatic heterocycles. The molecule has 0 fully saturated rings. The lowest BCUT2D eigenvalue weighted by Crippen LogP contribution is -2.30. The lowest BCUT2D eigenvalue weighted by Gasteiger charge is -2.20. The fourth-order valence-corrected chi connectivity index (χ4v) is 4.64. The molecular weight excluding hydrogens is 408 g/mol. The summed E-state index contributed by atoms with van der Waals surface area (Å²) in [7, 11) is 0. The molecule has 0 N–H and O–H groups in total. The van der Waals surface area contributed by atoms with Crippen LogP contribution < -0.4 is 4.90 Å². The Morgan fingerprint density at radius 2 is 1.82 bits per heavy atom. The minimum atomic E-state index is -0.154. The monoisotopic (exact) mass is 424 g/mol. The van der Waals surface area contributed by atoms with Crippen molar-refractivity contribution in [3.05, 3.63) is 88.9 Å². The number of rotatable bonds is 5. The van der Waals surface area contributed by atoms with E-state index in [9.17, 15) is 4.79 Å². The molecule has 0 saturated heterocycles. The van der Waals surface area contributed by atoms with Gasteiger partial charge in [0, 0.05) is 4.90 Å². The predicted octanol–water partition coefficient (Wildman–Crippen LogP) is 6.52. The molecule has 1 amide bonds. The van der Waals surface area contributed by atoms with Crippen molar-refractivity contribution in [2.24, 2.45) is 0 Å². The third-order valence-electron chi connectivity index (χ3n) is 4.35. The summed E-state index contributed by atoms with van der Waals surface area (Å²) in [6, 6.07) is 23.2. The van der Waals surface area contributed by atoms with Gasteiger partial charge in [-0.1, -0.05) is 65.4 Å². The van der Waals surface area contributed by atoms with Crippen LogP contribution in [0.4, 0.5) is 5.13 Å². The van der Waals surface area contributed by atoms with E-state index in [0.29, 0.717) is 22.3 Å². The molecule has 0 aliphatic carbocycles. The van der Waals surface area contributed by atoms with Crippen molar-refractivity contribution in [1.29, 1.82) is 0 Å². The summed E-state index contributed by atoms with van der Waals surface area (Å²) < 4.78 is 1.06. The molecule has 3 nitrogen and oxygen atoms in total. The zero-order chi connectivity index (χ0) is 19.5. The molecule has 6 heteroatoms. The molecule has 0 radical (unpaired) electrons. The van der Waals surface area contributed by atoms with Crippen molar-refractivity contribution in [1.82, 2.24) is 4.98 Å². The number of thiazole rings is 1. The van der Waals surface area contributed by atoms with Gasteiger partial charge >= 0.3 is 0 Å². The number of thioether (sulfide) groups is 1. The van der Waals surface area contributed by atoms with Gasteiger partial charge < -0.3 is 0 Å². The first-order chi connectivity index (χ1) is 13.7. The minimum absolute atomic E-state index is 0.154. The van der Waals surface area contributed by atoms with Crippen LogP contribution in [-0.2, 0) is 6.54 Å². The summed E-state index contributed by atoms with van der Waals surface area (Å²) in [5.41, 5.74) is 2.40. The molecule has 1 aromatic heterocycles. The zero-order valence-electron chi connectivity index (χ0n) is 15.1. The standard InChI is InChI=1S/C22H17ClN2OS2/c1-27-16-11-12-19-20(13-16)28-22(24-19)25(14-15-7-3-2-4-8-15)21(26)17-9-5-6-10-18(17)23/h2-13H,14H2,1H3. The summed E-state index contributed by atoms with van der Waals surface area (Å²) in [5.74, 6) is -0.154. The fourth-order valence-electron chi connectivity index (χ4n) is 2.91. The van der Waals surface area contributed by atoms with Crippen molar-refractivity contribution in [3.8, 4) is 0 Å². The lowest BCUT2D eigenvalue weighted by atomic mass is 10.1. The van der Waals surface area contributed by atoms with Gasteiger partial charge in [0.15, 0.2) is 5.13 Å². The van der Waals surface area contributed by atoms with Gasteiger partial charge in [-0.2, -0.15) is 0 Å². The molecule has 0 aliphatic rings. The molecule has 140 valence electrons. The van der Waals surface area contributed by atoms with Crippen LogP contribution in [0.2, 0.25) is 5.02 Å². The van der Waals surface area contributed by atoms with Crippen LogP contribution in [0, 0.1) is 0 Å². The Morgan fingerprint density at radius 3 is 2.57 bits per heavy atom. The maximum atomic E-state index is 13.4. The molecule has 4 rings (SSSR count). The van der Waals surface area contributed by atoms with Crippen LogP contribution in [0.3, 0.4) is 0 Å². The molecule has 0 unspecified atom stereocenters. The number of carbonyl (C=O) groups is 1. The molecule has 0 atom stereocenters.